The molecule has 0 radical (unpaired) electrons. The summed E-state index contributed by atoms with van der Waals surface area (Å²) in [5.74, 6) is -0.204. The molecule has 0 saturated heterocycles. The summed E-state index contributed by atoms with van der Waals surface area (Å²) in [5, 5.41) is 16.3. The van der Waals surface area contributed by atoms with Gasteiger partial charge >= 0.3 is 0 Å². The molecule has 0 atom stereocenters. The number of amides is 1. The van der Waals surface area contributed by atoms with E-state index in [1.807, 2.05) is 12.1 Å². The molecule has 0 unspecified atom stereocenters. The van der Waals surface area contributed by atoms with E-state index >= 15 is 0 Å². The highest BCUT2D eigenvalue weighted by Crippen LogP contribution is 2.17. The monoisotopic (exact) mass is 314 g/mol. The third-order valence-electron chi connectivity index (χ3n) is 2.96. The molecule has 1 N–H and O–H groups in total. The van der Waals surface area contributed by atoms with E-state index in [1.54, 1.807) is 23.1 Å². The molecule has 22 heavy (non-hydrogen) atoms. The average molecular weight is 314 g/mol. The van der Waals surface area contributed by atoms with Crippen molar-refractivity contribution in [3.63, 3.8) is 0 Å². The first-order chi connectivity index (χ1) is 10.8. The minimum atomic E-state index is -0.204. The summed E-state index contributed by atoms with van der Waals surface area (Å²) in [5.41, 5.74) is 1.39. The van der Waals surface area contributed by atoms with Gasteiger partial charge in [-0.05, 0) is 30.7 Å². The van der Waals surface area contributed by atoms with Crippen LogP contribution in [0.25, 0.3) is 5.69 Å². The fourth-order valence-corrected chi connectivity index (χ4v) is 2.73. The van der Waals surface area contributed by atoms with Crippen molar-refractivity contribution in [2.45, 2.75) is 19.8 Å². The Balaban J connectivity index is 1.69. The quantitative estimate of drug-likeness (QED) is 0.781. The van der Waals surface area contributed by atoms with Crippen LogP contribution in [0.2, 0.25) is 0 Å². The summed E-state index contributed by atoms with van der Waals surface area (Å²) in [6.45, 7) is 2.08. The van der Waals surface area contributed by atoms with Crippen molar-refractivity contribution in [2.24, 2.45) is 0 Å². The van der Waals surface area contributed by atoms with Gasteiger partial charge in [0.2, 0.25) is 5.13 Å². The van der Waals surface area contributed by atoms with E-state index in [4.69, 9.17) is 0 Å². The van der Waals surface area contributed by atoms with Crippen LogP contribution in [0.15, 0.2) is 36.9 Å². The molecular weight excluding hydrogens is 300 g/mol. The molecule has 0 spiro atoms. The Morgan fingerprint density at radius 2 is 2.09 bits per heavy atom. The number of aromatic nitrogens is 5. The summed E-state index contributed by atoms with van der Waals surface area (Å²) < 4.78 is 1.63. The minimum Gasteiger partial charge on any atom is -0.296 e. The maximum Gasteiger partial charge on any atom is 0.257 e. The van der Waals surface area contributed by atoms with Crippen LogP contribution in [0, 0.1) is 0 Å². The number of benzene rings is 1. The van der Waals surface area contributed by atoms with Gasteiger partial charge in [0.1, 0.15) is 17.7 Å². The molecule has 0 aliphatic carbocycles. The zero-order valence-corrected chi connectivity index (χ0v) is 12.7. The molecule has 8 heteroatoms. The molecule has 3 aromatic rings. The SMILES string of the molecule is CCCc1nnc(NC(=O)c2ccc(-n3cncn3)cc2)s1. The number of carbonyl (C=O) groups is 1. The van der Waals surface area contributed by atoms with Gasteiger partial charge in [-0.25, -0.2) is 9.67 Å². The number of nitrogens with zero attached hydrogens (tertiary/aromatic N) is 5. The number of rotatable bonds is 5. The van der Waals surface area contributed by atoms with Crippen LogP contribution in [0.1, 0.15) is 28.7 Å². The first kappa shape index (κ1) is 14.3. The van der Waals surface area contributed by atoms with E-state index in [0.29, 0.717) is 10.7 Å². The van der Waals surface area contributed by atoms with Crippen LogP contribution in [0.3, 0.4) is 0 Å². The number of anilines is 1. The molecule has 112 valence electrons. The number of hydrogen-bond acceptors (Lipinski definition) is 6. The predicted molar refractivity (Wildman–Crippen MR) is 83.2 cm³/mol. The fraction of sp³-hybridized carbons (Fsp3) is 0.214. The molecule has 0 aliphatic rings. The minimum absolute atomic E-state index is 0.204. The summed E-state index contributed by atoms with van der Waals surface area (Å²) in [6.07, 6.45) is 4.95. The zero-order chi connectivity index (χ0) is 15.4. The molecular formula is C14H14N6OS. The summed E-state index contributed by atoms with van der Waals surface area (Å²) >= 11 is 1.41. The van der Waals surface area contributed by atoms with Crippen LogP contribution in [0.4, 0.5) is 5.13 Å². The third kappa shape index (κ3) is 3.17. The second-order valence-corrected chi connectivity index (χ2v) is 5.65. The summed E-state index contributed by atoms with van der Waals surface area (Å²) in [4.78, 5) is 16.1. The molecule has 1 amide bonds. The van der Waals surface area contributed by atoms with E-state index in [0.717, 1.165) is 23.5 Å². The molecule has 1 aromatic carbocycles. The molecule has 2 aromatic heterocycles. The van der Waals surface area contributed by atoms with Crippen LogP contribution in [-0.4, -0.2) is 30.9 Å². The average Bonchev–Trinajstić information content (AvgIpc) is 3.20. The summed E-state index contributed by atoms with van der Waals surface area (Å²) in [7, 11) is 0. The summed E-state index contributed by atoms with van der Waals surface area (Å²) in [6, 6.07) is 7.10. The van der Waals surface area contributed by atoms with Crippen LogP contribution in [0.5, 0.6) is 0 Å². The highest BCUT2D eigenvalue weighted by Gasteiger charge is 2.10. The Morgan fingerprint density at radius 1 is 1.27 bits per heavy atom. The Hall–Kier alpha value is -2.61. The van der Waals surface area contributed by atoms with E-state index in [9.17, 15) is 4.79 Å². The Morgan fingerprint density at radius 3 is 2.77 bits per heavy atom. The van der Waals surface area contributed by atoms with Crippen molar-refractivity contribution < 1.29 is 4.79 Å². The Kier molecular flexibility index (Phi) is 4.19. The van der Waals surface area contributed by atoms with Gasteiger partial charge in [0, 0.05) is 12.0 Å². The normalized spacial score (nSPS) is 10.6. The molecule has 0 bridgehead atoms. The topological polar surface area (TPSA) is 85.6 Å². The molecule has 2 heterocycles. The van der Waals surface area contributed by atoms with Gasteiger partial charge in [-0.1, -0.05) is 18.3 Å². The molecule has 0 aliphatic heterocycles. The van der Waals surface area contributed by atoms with Crippen molar-refractivity contribution in [2.75, 3.05) is 5.32 Å². The second kappa shape index (κ2) is 6.44. The van der Waals surface area contributed by atoms with Crippen molar-refractivity contribution in [3.05, 3.63) is 47.5 Å². The predicted octanol–water partition coefficient (Wildman–Crippen LogP) is 2.32. The second-order valence-electron chi connectivity index (χ2n) is 4.59. The van der Waals surface area contributed by atoms with Gasteiger partial charge in [-0.15, -0.1) is 10.2 Å². The highest BCUT2D eigenvalue weighted by atomic mass is 32.1. The van der Waals surface area contributed by atoms with Gasteiger partial charge in [0.25, 0.3) is 5.91 Å². The van der Waals surface area contributed by atoms with Gasteiger partial charge in [-0.3, -0.25) is 10.1 Å². The number of hydrogen-bond donors (Lipinski definition) is 1. The first-order valence-corrected chi connectivity index (χ1v) is 7.66. The van der Waals surface area contributed by atoms with Crippen LogP contribution >= 0.6 is 11.3 Å². The molecule has 7 nitrogen and oxygen atoms in total. The third-order valence-corrected chi connectivity index (χ3v) is 3.86. The molecule has 0 fully saturated rings. The van der Waals surface area contributed by atoms with E-state index in [2.05, 4.69) is 32.5 Å². The van der Waals surface area contributed by atoms with E-state index < -0.39 is 0 Å². The lowest BCUT2D eigenvalue weighted by molar-refractivity contribution is 0.102. The van der Waals surface area contributed by atoms with Crippen LogP contribution < -0.4 is 5.32 Å². The highest BCUT2D eigenvalue weighted by molar-refractivity contribution is 7.15. The van der Waals surface area contributed by atoms with Crippen molar-refractivity contribution >= 4 is 22.4 Å². The fourth-order valence-electron chi connectivity index (χ4n) is 1.90. The Labute approximate surface area is 131 Å². The number of carbonyl (C=O) groups excluding carboxylic acids is 1. The van der Waals surface area contributed by atoms with Gasteiger partial charge in [0.05, 0.1) is 5.69 Å². The lowest BCUT2D eigenvalue weighted by Gasteiger charge is -2.03. The first-order valence-electron chi connectivity index (χ1n) is 6.85. The van der Waals surface area contributed by atoms with Gasteiger partial charge < -0.3 is 0 Å². The Bertz CT molecular complexity index is 750. The smallest absolute Gasteiger partial charge is 0.257 e. The van der Waals surface area contributed by atoms with Crippen molar-refractivity contribution in [1.82, 2.24) is 25.0 Å². The molecule has 3 rings (SSSR count). The maximum absolute atomic E-state index is 12.2. The van der Waals surface area contributed by atoms with Crippen molar-refractivity contribution in [1.29, 1.82) is 0 Å². The standard InChI is InChI=1S/C14H14N6OS/c1-2-3-12-18-19-14(22-12)17-13(21)10-4-6-11(7-5-10)20-9-15-8-16-20/h4-9H,2-3H2,1H3,(H,17,19,21). The zero-order valence-electron chi connectivity index (χ0n) is 11.9. The lowest BCUT2D eigenvalue weighted by atomic mass is 10.2. The lowest BCUT2D eigenvalue weighted by Crippen LogP contribution is -2.11. The maximum atomic E-state index is 12.2. The largest absolute Gasteiger partial charge is 0.296 e. The van der Waals surface area contributed by atoms with Crippen molar-refractivity contribution in [3.8, 4) is 5.69 Å². The van der Waals surface area contributed by atoms with Gasteiger partial charge in [0.15, 0.2) is 0 Å². The van der Waals surface area contributed by atoms with Gasteiger partial charge in [-0.2, -0.15) is 5.10 Å². The molecule has 0 saturated carbocycles. The van der Waals surface area contributed by atoms with E-state index in [1.165, 1.54) is 17.7 Å². The number of aryl methyl sites for hydroxylation is 1. The van der Waals surface area contributed by atoms with Crippen LogP contribution in [-0.2, 0) is 6.42 Å². The van der Waals surface area contributed by atoms with E-state index in [-0.39, 0.29) is 5.91 Å². The number of nitrogens with one attached hydrogen (secondary N) is 1.